The molecule has 31 heavy (non-hydrogen) atoms. The van der Waals surface area contributed by atoms with Crippen LogP contribution in [-0.2, 0) is 11.3 Å². The summed E-state index contributed by atoms with van der Waals surface area (Å²) in [6, 6.07) is 11.9. The van der Waals surface area contributed by atoms with Gasteiger partial charge < -0.3 is 9.72 Å². The highest BCUT2D eigenvalue weighted by molar-refractivity contribution is 6.30. The van der Waals surface area contributed by atoms with Gasteiger partial charge in [0.2, 0.25) is 5.91 Å². The summed E-state index contributed by atoms with van der Waals surface area (Å²) < 4.78 is 3.77. The molecule has 3 aromatic heterocycles. The Balaban J connectivity index is 1.10. The number of carbonyl (C=O) groups is 1. The van der Waals surface area contributed by atoms with Gasteiger partial charge in [0.25, 0.3) is 0 Å². The fourth-order valence-corrected chi connectivity index (χ4v) is 4.40. The molecular weight excluding hydrogens is 412 g/mol. The van der Waals surface area contributed by atoms with E-state index in [4.69, 9.17) is 11.6 Å². The van der Waals surface area contributed by atoms with E-state index in [9.17, 15) is 4.79 Å². The molecule has 1 N–H and O–H groups in total. The van der Waals surface area contributed by atoms with Crippen LogP contribution in [0.15, 0.2) is 55.0 Å². The molecule has 156 valence electrons. The predicted molar refractivity (Wildman–Crippen MR) is 117 cm³/mol. The molecule has 4 aromatic rings. The normalized spacial score (nSPS) is 20.2. The summed E-state index contributed by atoms with van der Waals surface area (Å²) in [5.74, 6) is 1.30. The highest BCUT2D eigenvalue weighted by Gasteiger charge is 2.44. The number of carbonyl (C=O) groups excluding carboxylic acids is 1. The second kappa shape index (κ2) is 7.20. The molecule has 8 heteroatoms. The van der Waals surface area contributed by atoms with Gasteiger partial charge in [0.05, 0.1) is 18.4 Å². The van der Waals surface area contributed by atoms with E-state index in [2.05, 4.69) is 43.3 Å². The molecule has 2 saturated carbocycles. The second-order valence-electron chi connectivity index (χ2n) is 8.53. The first-order valence-corrected chi connectivity index (χ1v) is 10.9. The zero-order chi connectivity index (χ0) is 20.9. The van der Waals surface area contributed by atoms with Gasteiger partial charge >= 0.3 is 0 Å². The van der Waals surface area contributed by atoms with Crippen LogP contribution in [0.1, 0.15) is 47.9 Å². The maximum absolute atomic E-state index is 12.6. The summed E-state index contributed by atoms with van der Waals surface area (Å²) in [5.41, 5.74) is 4.30. The van der Waals surface area contributed by atoms with E-state index < -0.39 is 0 Å². The highest BCUT2D eigenvalue weighted by atomic mass is 35.5. The number of halogens is 1. The van der Waals surface area contributed by atoms with Gasteiger partial charge in [0, 0.05) is 23.3 Å². The van der Waals surface area contributed by atoms with Crippen LogP contribution in [-0.4, -0.2) is 30.3 Å². The zero-order valence-electron chi connectivity index (χ0n) is 16.8. The molecule has 0 bridgehead atoms. The monoisotopic (exact) mass is 432 g/mol. The van der Waals surface area contributed by atoms with Gasteiger partial charge in [0.1, 0.15) is 5.65 Å². The lowest BCUT2D eigenvalue weighted by Gasteiger charge is -2.02. The first-order chi connectivity index (χ1) is 15.1. The van der Waals surface area contributed by atoms with Crippen LogP contribution >= 0.6 is 11.6 Å². The Labute approximate surface area is 184 Å². The summed E-state index contributed by atoms with van der Waals surface area (Å²) in [6.07, 6.45) is 9.32. The minimum Gasteiger partial charge on any atom is -0.308 e. The van der Waals surface area contributed by atoms with Crippen LogP contribution in [0.4, 0.5) is 5.82 Å². The summed E-state index contributed by atoms with van der Waals surface area (Å²) >= 11 is 6.06. The molecule has 0 spiro atoms. The van der Waals surface area contributed by atoms with Crippen LogP contribution in [0.3, 0.4) is 0 Å². The number of benzene rings is 1. The number of aromatic nitrogens is 5. The van der Waals surface area contributed by atoms with Gasteiger partial charge in [0.15, 0.2) is 5.82 Å². The third kappa shape index (κ3) is 3.81. The summed E-state index contributed by atoms with van der Waals surface area (Å²) in [5, 5.41) is 11.8. The molecule has 1 amide bonds. The molecule has 2 aliphatic carbocycles. The molecule has 2 fully saturated rings. The first-order valence-electron chi connectivity index (χ1n) is 10.6. The van der Waals surface area contributed by atoms with Crippen molar-refractivity contribution < 1.29 is 4.79 Å². The Morgan fingerprint density at radius 2 is 2.03 bits per heavy atom. The number of rotatable bonds is 6. The SMILES string of the molecule is O=C(Nc1cn(Cc2cn3cc(C4CC4)ccc3n2)nn1)C1CC1c1cccc(Cl)c1. The highest BCUT2D eigenvalue weighted by Crippen LogP contribution is 2.48. The average molecular weight is 433 g/mol. The fourth-order valence-electron chi connectivity index (χ4n) is 4.20. The quantitative estimate of drug-likeness (QED) is 0.494. The number of nitrogens with one attached hydrogen (secondary N) is 1. The van der Waals surface area contributed by atoms with Crippen molar-refractivity contribution in [1.29, 1.82) is 0 Å². The van der Waals surface area contributed by atoms with Crippen LogP contribution in [0, 0.1) is 5.92 Å². The number of hydrogen-bond donors (Lipinski definition) is 1. The van der Waals surface area contributed by atoms with Gasteiger partial charge in [-0.25, -0.2) is 9.67 Å². The summed E-state index contributed by atoms with van der Waals surface area (Å²) in [7, 11) is 0. The van der Waals surface area contributed by atoms with E-state index in [1.807, 2.05) is 30.5 Å². The molecule has 0 radical (unpaired) electrons. The van der Waals surface area contributed by atoms with E-state index in [0.717, 1.165) is 23.3 Å². The van der Waals surface area contributed by atoms with E-state index in [0.29, 0.717) is 23.3 Å². The number of amides is 1. The van der Waals surface area contributed by atoms with Crippen LogP contribution in [0.25, 0.3) is 5.65 Å². The predicted octanol–water partition coefficient (Wildman–Crippen LogP) is 4.25. The topological polar surface area (TPSA) is 77.1 Å². The average Bonchev–Trinajstić information content (AvgIpc) is 3.67. The van der Waals surface area contributed by atoms with Gasteiger partial charge in [-0.15, -0.1) is 5.10 Å². The molecule has 2 aliphatic rings. The van der Waals surface area contributed by atoms with Gasteiger partial charge in [-0.3, -0.25) is 4.79 Å². The number of pyridine rings is 1. The number of hydrogen-bond acceptors (Lipinski definition) is 4. The van der Waals surface area contributed by atoms with Crippen molar-refractivity contribution in [2.45, 2.75) is 37.6 Å². The lowest BCUT2D eigenvalue weighted by molar-refractivity contribution is -0.117. The Hall–Kier alpha value is -3.19. The Morgan fingerprint density at radius 3 is 2.87 bits per heavy atom. The maximum atomic E-state index is 12.6. The smallest absolute Gasteiger partial charge is 0.229 e. The fraction of sp³-hybridized carbons (Fsp3) is 0.304. The van der Waals surface area contributed by atoms with Crippen molar-refractivity contribution >= 4 is 29.0 Å². The third-order valence-electron chi connectivity index (χ3n) is 6.09. The zero-order valence-corrected chi connectivity index (χ0v) is 17.5. The minimum absolute atomic E-state index is 0.0302. The van der Waals surface area contributed by atoms with E-state index >= 15 is 0 Å². The molecule has 1 aromatic carbocycles. The lowest BCUT2D eigenvalue weighted by atomic mass is 10.1. The molecule has 7 nitrogen and oxygen atoms in total. The van der Waals surface area contributed by atoms with Gasteiger partial charge in [-0.05, 0) is 60.4 Å². The third-order valence-corrected chi connectivity index (χ3v) is 6.33. The standard InChI is InChI=1S/C23H21ClN6O/c24-17-3-1-2-15(8-17)19-9-20(19)23(31)26-21-13-30(28-27-21)12-18-11-29-10-16(14-4-5-14)6-7-22(29)25-18/h1-3,6-8,10-11,13-14,19-20H,4-5,9,12H2,(H,26,31). The lowest BCUT2D eigenvalue weighted by Crippen LogP contribution is -2.14. The molecule has 3 heterocycles. The maximum Gasteiger partial charge on any atom is 0.229 e. The Kier molecular flexibility index (Phi) is 4.31. The van der Waals surface area contributed by atoms with E-state index in [-0.39, 0.29) is 17.7 Å². The molecule has 2 unspecified atom stereocenters. The Bertz CT molecular complexity index is 1290. The Morgan fingerprint density at radius 1 is 1.13 bits per heavy atom. The van der Waals surface area contributed by atoms with Gasteiger partial charge in [-0.2, -0.15) is 0 Å². The molecular formula is C23H21ClN6O. The number of fused-ring (bicyclic) bond motifs is 1. The second-order valence-corrected chi connectivity index (χ2v) is 8.97. The van der Waals surface area contributed by atoms with Crippen molar-refractivity contribution in [2.24, 2.45) is 5.92 Å². The van der Waals surface area contributed by atoms with Gasteiger partial charge in [-0.1, -0.05) is 35.0 Å². The van der Waals surface area contributed by atoms with Crippen LogP contribution in [0.5, 0.6) is 0 Å². The van der Waals surface area contributed by atoms with E-state index in [1.165, 1.54) is 18.4 Å². The molecule has 6 rings (SSSR count). The van der Waals surface area contributed by atoms with Crippen molar-refractivity contribution in [3.63, 3.8) is 0 Å². The first kappa shape index (κ1) is 18.6. The van der Waals surface area contributed by atoms with Crippen molar-refractivity contribution in [3.05, 3.63) is 76.8 Å². The number of anilines is 1. The largest absolute Gasteiger partial charge is 0.308 e. The van der Waals surface area contributed by atoms with Crippen molar-refractivity contribution in [2.75, 3.05) is 5.32 Å². The summed E-state index contributed by atoms with van der Waals surface area (Å²) in [4.78, 5) is 17.2. The molecule has 2 atom stereocenters. The molecule has 0 saturated heterocycles. The summed E-state index contributed by atoms with van der Waals surface area (Å²) in [6.45, 7) is 0.498. The van der Waals surface area contributed by atoms with E-state index in [1.54, 1.807) is 10.9 Å². The molecule has 0 aliphatic heterocycles. The minimum atomic E-state index is -0.0530. The van der Waals surface area contributed by atoms with Crippen molar-refractivity contribution in [1.82, 2.24) is 24.4 Å². The van der Waals surface area contributed by atoms with Crippen molar-refractivity contribution in [3.8, 4) is 0 Å². The van der Waals surface area contributed by atoms with Crippen LogP contribution < -0.4 is 5.32 Å². The number of imidazole rings is 1. The van der Waals surface area contributed by atoms with Crippen LogP contribution in [0.2, 0.25) is 5.02 Å². The number of nitrogens with zero attached hydrogens (tertiary/aromatic N) is 5.